The molecule has 3 atom stereocenters. The number of carbonyl (C=O) groups excluding carboxylic acids is 1. The van der Waals surface area contributed by atoms with Crippen molar-refractivity contribution in [2.45, 2.75) is 25.8 Å². The largest absolute Gasteiger partial charge is 0.343 e. The smallest absolute Gasteiger partial charge is 0.222 e. The first-order valence-corrected chi connectivity index (χ1v) is 8.72. The molecule has 1 aromatic rings. The quantitative estimate of drug-likeness (QED) is 0.850. The van der Waals surface area contributed by atoms with Crippen molar-refractivity contribution in [3.63, 3.8) is 0 Å². The summed E-state index contributed by atoms with van der Waals surface area (Å²) >= 11 is 1.85. The standard InChI is InChI=1S/C16H22N2OS/c19-16(18-5-1-2-6-18)8-13-14-10-17(11-15(13)14)9-12-4-3-7-20-12/h3-4,7,13-15H,1-2,5-6,8-11H2/t13?,14-,15+. The van der Waals surface area contributed by atoms with Gasteiger partial charge in [-0.05, 0) is 42.0 Å². The van der Waals surface area contributed by atoms with Gasteiger partial charge in [-0.15, -0.1) is 11.3 Å². The minimum atomic E-state index is 0.423. The van der Waals surface area contributed by atoms with Gasteiger partial charge >= 0.3 is 0 Å². The summed E-state index contributed by atoms with van der Waals surface area (Å²) in [6.07, 6.45) is 3.23. The topological polar surface area (TPSA) is 23.6 Å². The van der Waals surface area contributed by atoms with Crippen LogP contribution in [-0.2, 0) is 11.3 Å². The molecule has 1 unspecified atom stereocenters. The Morgan fingerprint density at radius 1 is 1.25 bits per heavy atom. The molecule has 4 heteroatoms. The van der Waals surface area contributed by atoms with Gasteiger partial charge in [0.2, 0.25) is 5.91 Å². The van der Waals surface area contributed by atoms with Crippen LogP contribution in [0.4, 0.5) is 0 Å². The van der Waals surface area contributed by atoms with Gasteiger partial charge in [-0.2, -0.15) is 0 Å². The van der Waals surface area contributed by atoms with Gasteiger partial charge in [-0.1, -0.05) is 6.07 Å². The van der Waals surface area contributed by atoms with E-state index >= 15 is 0 Å². The molecule has 4 rings (SSSR count). The minimum Gasteiger partial charge on any atom is -0.343 e. The molecule has 0 radical (unpaired) electrons. The summed E-state index contributed by atoms with van der Waals surface area (Å²) in [7, 11) is 0. The molecule has 1 saturated carbocycles. The van der Waals surface area contributed by atoms with Crippen LogP contribution in [0.3, 0.4) is 0 Å². The van der Waals surface area contributed by atoms with E-state index in [2.05, 4.69) is 27.3 Å². The molecule has 20 heavy (non-hydrogen) atoms. The van der Waals surface area contributed by atoms with Crippen molar-refractivity contribution in [1.29, 1.82) is 0 Å². The monoisotopic (exact) mass is 290 g/mol. The average molecular weight is 290 g/mol. The third kappa shape index (κ3) is 2.40. The lowest BCUT2D eigenvalue weighted by molar-refractivity contribution is -0.130. The Bertz CT molecular complexity index is 469. The molecule has 0 bridgehead atoms. The minimum absolute atomic E-state index is 0.423. The zero-order valence-corrected chi connectivity index (χ0v) is 12.6. The molecule has 0 aromatic carbocycles. The first kappa shape index (κ1) is 12.8. The Hall–Kier alpha value is -0.870. The van der Waals surface area contributed by atoms with Gasteiger partial charge in [0, 0.05) is 44.0 Å². The molecule has 2 saturated heterocycles. The Morgan fingerprint density at radius 2 is 2.00 bits per heavy atom. The fraction of sp³-hybridized carbons (Fsp3) is 0.688. The number of hydrogen-bond donors (Lipinski definition) is 0. The van der Waals surface area contributed by atoms with Crippen LogP contribution < -0.4 is 0 Å². The summed E-state index contributed by atoms with van der Waals surface area (Å²) in [6, 6.07) is 4.36. The number of nitrogens with zero attached hydrogens (tertiary/aromatic N) is 2. The SMILES string of the molecule is O=C(CC1[C@H]2CN(Cc3cccs3)C[C@@H]12)N1CCCC1. The van der Waals surface area contributed by atoms with Gasteiger partial charge in [-0.3, -0.25) is 9.69 Å². The van der Waals surface area contributed by atoms with Crippen molar-refractivity contribution in [2.24, 2.45) is 17.8 Å². The van der Waals surface area contributed by atoms with E-state index in [0.717, 1.165) is 37.9 Å². The maximum atomic E-state index is 12.2. The Morgan fingerprint density at radius 3 is 2.65 bits per heavy atom. The van der Waals surface area contributed by atoms with Crippen molar-refractivity contribution < 1.29 is 4.79 Å². The van der Waals surface area contributed by atoms with Crippen LogP contribution in [0.5, 0.6) is 0 Å². The molecule has 3 nitrogen and oxygen atoms in total. The van der Waals surface area contributed by atoms with Crippen molar-refractivity contribution >= 4 is 17.2 Å². The highest BCUT2D eigenvalue weighted by molar-refractivity contribution is 7.09. The number of fused-ring (bicyclic) bond motifs is 1. The average Bonchev–Trinajstić information content (AvgIpc) is 3.03. The molecule has 1 aliphatic carbocycles. The van der Waals surface area contributed by atoms with Crippen molar-refractivity contribution in [3.05, 3.63) is 22.4 Å². The van der Waals surface area contributed by atoms with E-state index in [9.17, 15) is 4.79 Å². The molecule has 3 aliphatic rings. The number of thiophene rings is 1. The number of piperidine rings is 1. The summed E-state index contributed by atoms with van der Waals surface area (Å²) in [6.45, 7) is 5.54. The maximum Gasteiger partial charge on any atom is 0.222 e. The Labute approximate surface area is 124 Å². The van der Waals surface area contributed by atoms with Crippen LogP contribution in [0.1, 0.15) is 24.1 Å². The predicted molar refractivity (Wildman–Crippen MR) is 80.5 cm³/mol. The molecular weight excluding hydrogens is 268 g/mol. The maximum absolute atomic E-state index is 12.2. The third-order valence-corrected chi connectivity index (χ3v) is 6.14. The van der Waals surface area contributed by atoms with E-state index in [-0.39, 0.29) is 0 Å². The number of carbonyl (C=O) groups is 1. The Balaban J connectivity index is 1.25. The second-order valence-corrected chi connectivity index (χ2v) is 7.59. The third-order valence-electron chi connectivity index (χ3n) is 5.28. The molecule has 0 N–H and O–H groups in total. The van der Waals surface area contributed by atoms with Crippen molar-refractivity contribution in [1.82, 2.24) is 9.80 Å². The van der Waals surface area contributed by atoms with Gasteiger partial charge in [0.25, 0.3) is 0 Å². The number of hydrogen-bond acceptors (Lipinski definition) is 3. The van der Waals surface area contributed by atoms with Gasteiger partial charge in [-0.25, -0.2) is 0 Å². The molecule has 108 valence electrons. The summed E-state index contributed by atoms with van der Waals surface area (Å²) in [5.41, 5.74) is 0. The van der Waals surface area contributed by atoms with Crippen LogP contribution in [0.15, 0.2) is 17.5 Å². The van der Waals surface area contributed by atoms with Crippen molar-refractivity contribution in [2.75, 3.05) is 26.2 Å². The van der Waals surface area contributed by atoms with Crippen LogP contribution in [0, 0.1) is 17.8 Å². The highest BCUT2D eigenvalue weighted by Gasteiger charge is 2.55. The predicted octanol–water partition coefficient (Wildman–Crippen LogP) is 2.44. The lowest BCUT2D eigenvalue weighted by Gasteiger charge is -2.20. The van der Waals surface area contributed by atoms with E-state index in [0.29, 0.717) is 11.8 Å². The fourth-order valence-electron chi connectivity index (χ4n) is 4.09. The molecule has 0 spiro atoms. The summed E-state index contributed by atoms with van der Waals surface area (Å²) in [4.78, 5) is 18.3. The summed E-state index contributed by atoms with van der Waals surface area (Å²) < 4.78 is 0. The second kappa shape index (κ2) is 5.15. The van der Waals surface area contributed by atoms with E-state index in [1.54, 1.807) is 0 Å². The highest BCUT2D eigenvalue weighted by atomic mass is 32.1. The van der Waals surface area contributed by atoms with Gasteiger partial charge in [0.15, 0.2) is 0 Å². The zero-order valence-electron chi connectivity index (χ0n) is 11.8. The molecule has 2 aliphatic heterocycles. The van der Waals surface area contributed by atoms with Crippen LogP contribution >= 0.6 is 11.3 Å². The second-order valence-electron chi connectivity index (χ2n) is 6.56. The first-order valence-electron chi connectivity index (χ1n) is 7.84. The van der Waals surface area contributed by atoms with Gasteiger partial charge in [0.05, 0.1) is 0 Å². The Kier molecular flexibility index (Phi) is 3.31. The lowest BCUT2D eigenvalue weighted by atomic mass is 10.1. The van der Waals surface area contributed by atoms with Crippen LogP contribution in [0.25, 0.3) is 0 Å². The van der Waals surface area contributed by atoms with Gasteiger partial charge < -0.3 is 4.90 Å². The van der Waals surface area contributed by atoms with Crippen LogP contribution in [-0.4, -0.2) is 41.9 Å². The fourth-order valence-corrected chi connectivity index (χ4v) is 4.83. The number of likely N-dealkylation sites (tertiary alicyclic amines) is 2. The highest BCUT2D eigenvalue weighted by Crippen LogP contribution is 2.54. The van der Waals surface area contributed by atoms with E-state index in [1.165, 1.54) is 30.8 Å². The molecule has 3 fully saturated rings. The van der Waals surface area contributed by atoms with Crippen molar-refractivity contribution in [3.8, 4) is 0 Å². The lowest BCUT2D eigenvalue weighted by Crippen LogP contribution is -2.29. The molecule has 1 amide bonds. The molecular formula is C16H22N2OS. The number of amides is 1. The normalized spacial score (nSPS) is 32.6. The van der Waals surface area contributed by atoms with Crippen LogP contribution in [0.2, 0.25) is 0 Å². The summed E-state index contributed by atoms with van der Waals surface area (Å²) in [5.74, 6) is 2.73. The summed E-state index contributed by atoms with van der Waals surface area (Å²) in [5, 5.41) is 2.16. The molecule has 3 heterocycles. The van der Waals surface area contributed by atoms with E-state index in [4.69, 9.17) is 0 Å². The van der Waals surface area contributed by atoms with E-state index in [1.807, 2.05) is 11.3 Å². The van der Waals surface area contributed by atoms with E-state index < -0.39 is 0 Å². The van der Waals surface area contributed by atoms with Gasteiger partial charge in [0.1, 0.15) is 0 Å². The zero-order chi connectivity index (χ0) is 13.5. The first-order chi connectivity index (χ1) is 9.81. The number of rotatable bonds is 4. The molecule has 1 aromatic heterocycles.